The van der Waals surface area contributed by atoms with Gasteiger partial charge in [-0.1, -0.05) is 17.7 Å². The summed E-state index contributed by atoms with van der Waals surface area (Å²) in [5.41, 5.74) is 5.11. The molecule has 0 atom stereocenters. The Morgan fingerprint density at radius 3 is 2.72 bits per heavy atom. The molecule has 2 aromatic rings. The molecule has 0 saturated heterocycles. The Hall–Kier alpha value is -2.45. The Morgan fingerprint density at radius 1 is 1.39 bits per heavy atom. The number of aromatic hydroxyl groups is 1. The van der Waals surface area contributed by atoms with E-state index in [-0.39, 0.29) is 11.3 Å². The Bertz CT molecular complexity index is 716. The molecule has 5 nitrogen and oxygen atoms in total. The molecule has 0 bridgehead atoms. The van der Waals surface area contributed by atoms with Crippen molar-refractivity contribution in [2.75, 3.05) is 5.73 Å². The molecule has 0 radical (unpaired) electrons. The number of halogens is 1. The van der Waals surface area contributed by atoms with E-state index in [9.17, 15) is 9.90 Å². The summed E-state index contributed by atoms with van der Waals surface area (Å²) in [6.45, 7) is 0. The molecule has 0 aliphatic heterocycles. The summed E-state index contributed by atoms with van der Waals surface area (Å²) in [5.74, 6) is -0.496. The predicted octanol–water partition coefficient (Wildman–Crippen LogP) is 1.65. The van der Waals surface area contributed by atoms with E-state index >= 15 is 0 Å². The number of pyridine rings is 1. The van der Waals surface area contributed by atoms with Crippen LogP contribution in [0.25, 0.3) is 5.69 Å². The number of benzene rings is 1. The molecule has 3 N–H and O–H groups in total. The third kappa shape index (κ3) is 1.90. The van der Waals surface area contributed by atoms with Gasteiger partial charge in [0.05, 0.1) is 11.4 Å². The highest BCUT2D eigenvalue weighted by molar-refractivity contribution is 6.30. The van der Waals surface area contributed by atoms with E-state index in [1.807, 2.05) is 0 Å². The van der Waals surface area contributed by atoms with Crippen molar-refractivity contribution in [1.82, 2.24) is 4.57 Å². The summed E-state index contributed by atoms with van der Waals surface area (Å²) in [4.78, 5) is 11.8. The van der Waals surface area contributed by atoms with Crippen LogP contribution in [-0.4, -0.2) is 9.67 Å². The lowest BCUT2D eigenvalue weighted by molar-refractivity contribution is 0.434. The average molecular weight is 262 g/mol. The number of nitrogen functional groups attached to an aromatic ring is 1. The highest BCUT2D eigenvalue weighted by Gasteiger charge is 2.14. The van der Waals surface area contributed by atoms with Crippen LogP contribution in [0, 0.1) is 11.3 Å². The maximum atomic E-state index is 11.8. The molecule has 18 heavy (non-hydrogen) atoms. The molecule has 0 aliphatic carbocycles. The van der Waals surface area contributed by atoms with Gasteiger partial charge in [-0.15, -0.1) is 0 Å². The zero-order valence-electron chi connectivity index (χ0n) is 9.09. The van der Waals surface area contributed by atoms with Crippen LogP contribution in [0.5, 0.6) is 5.88 Å². The molecule has 0 saturated carbocycles. The van der Waals surface area contributed by atoms with E-state index < -0.39 is 11.4 Å². The van der Waals surface area contributed by atoms with Crippen LogP contribution in [0.2, 0.25) is 5.02 Å². The van der Waals surface area contributed by atoms with Crippen LogP contribution in [0.15, 0.2) is 35.1 Å². The van der Waals surface area contributed by atoms with Crippen molar-refractivity contribution in [2.45, 2.75) is 0 Å². The number of nitrogens with zero attached hydrogens (tertiary/aromatic N) is 2. The van der Waals surface area contributed by atoms with E-state index in [0.717, 1.165) is 10.6 Å². The molecule has 0 unspecified atom stereocenters. The van der Waals surface area contributed by atoms with Crippen molar-refractivity contribution in [3.8, 4) is 17.6 Å². The molecule has 90 valence electrons. The Balaban J connectivity index is 2.81. The summed E-state index contributed by atoms with van der Waals surface area (Å²) in [5, 5.41) is 19.2. The fraction of sp³-hybridized carbons (Fsp3) is 0. The van der Waals surface area contributed by atoms with Gasteiger partial charge in [0.25, 0.3) is 5.56 Å². The molecule has 6 heteroatoms. The number of anilines is 1. The number of nitriles is 1. The largest absolute Gasteiger partial charge is 0.493 e. The minimum atomic E-state index is -0.536. The molecule has 2 rings (SSSR count). The van der Waals surface area contributed by atoms with Crippen LogP contribution < -0.4 is 11.3 Å². The van der Waals surface area contributed by atoms with Crippen molar-refractivity contribution in [3.63, 3.8) is 0 Å². The van der Waals surface area contributed by atoms with Gasteiger partial charge in [-0.25, -0.2) is 4.57 Å². The monoisotopic (exact) mass is 261 g/mol. The summed E-state index contributed by atoms with van der Waals surface area (Å²) in [7, 11) is 0. The summed E-state index contributed by atoms with van der Waals surface area (Å²) in [6.07, 6.45) is 0. The summed E-state index contributed by atoms with van der Waals surface area (Å²) < 4.78 is 0.973. The Morgan fingerprint density at radius 2 is 2.11 bits per heavy atom. The van der Waals surface area contributed by atoms with Crippen molar-refractivity contribution in [1.29, 1.82) is 5.26 Å². The third-order valence-corrected chi connectivity index (χ3v) is 2.64. The minimum Gasteiger partial charge on any atom is -0.493 e. The van der Waals surface area contributed by atoms with Crippen molar-refractivity contribution >= 4 is 17.3 Å². The van der Waals surface area contributed by atoms with Crippen molar-refractivity contribution in [3.05, 3.63) is 51.3 Å². The molecule has 1 heterocycles. The molecular weight excluding hydrogens is 254 g/mol. The normalized spacial score (nSPS) is 10.0. The minimum absolute atomic E-state index is 0.0571. The van der Waals surface area contributed by atoms with Crippen LogP contribution >= 0.6 is 11.6 Å². The van der Waals surface area contributed by atoms with E-state index in [1.165, 1.54) is 6.07 Å². The van der Waals surface area contributed by atoms with Crippen molar-refractivity contribution in [2.24, 2.45) is 0 Å². The molecule has 0 amide bonds. The first-order valence-corrected chi connectivity index (χ1v) is 5.33. The van der Waals surface area contributed by atoms with Gasteiger partial charge >= 0.3 is 0 Å². The van der Waals surface area contributed by atoms with E-state index in [0.29, 0.717) is 10.7 Å². The second-order valence-electron chi connectivity index (χ2n) is 3.56. The van der Waals surface area contributed by atoms with Gasteiger partial charge in [0.2, 0.25) is 5.88 Å². The van der Waals surface area contributed by atoms with Gasteiger partial charge in [0.15, 0.2) is 0 Å². The summed E-state index contributed by atoms with van der Waals surface area (Å²) in [6, 6.07) is 9.18. The highest BCUT2D eigenvalue weighted by atomic mass is 35.5. The number of nitrogens with two attached hydrogens (primary N) is 1. The fourth-order valence-electron chi connectivity index (χ4n) is 1.59. The SMILES string of the molecule is N#Cc1c(N)cc(=O)n(-c2cccc(Cl)c2)c1O. The van der Waals surface area contributed by atoms with Gasteiger partial charge in [-0.2, -0.15) is 5.26 Å². The van der Waals surface area contributed by atoms with Gasteiger partial charge in [0, 0.05) is 11.1 Å². The van der Waals surface area contributed by atoms with Gasteiger partial charge < -0.3 is 10.8 Å². The van der Waals surface area contributed by atoms with Crippen LogP contribution in [0.4, 0.5) is 5.69 Å². The lowest BCUT2D eigenvalue weighted by Crippen LogP contribution is -2.19. The Kier molecular flexibility index (Phi) is 2.96. The van der Waals surface area contributed by atoms with E-state index in [2.05, 4.69) is 0 Å². The highest BCUT2D eigenvalue weighted by Crippen LogP contribution is 2.24. The molecular formula is C12H8ClN3O2. The van der Waals surface area contributed by atoms with Crippen molar-refractivity contribution < 1.29 is 5.11 Å². The van der Waals surface area contributed by atoms with E-state index in [1.54, 1.807) is 24.3 Å². The van der Waals surface area contributed by atoms with Gasteiger partial charge in [0.1, 0.15) is 11.6 Å². The lowest BCUT2D eigenvalue weighted by atomic mass is 10.2. The fourth-order valence-corrected chi connectivity index (χ4v) is 1.78. The second kappa shape index (κ2) is 4.43. The number of hydrogen-bond acceptors (Lipinski definition) is 4. The standard InChI is InChI=1S/C12H8ClN3O2/c13-7-2-1-3-8(4-7)16-11(17)5-10(15)9(6-14)12(16)18/h1-5,18H,15H2. The molecule has 0 aliphatic rings. The third-order valence-electron chi connectivity index (χ3n) is 2.40. The number of rotatable bonds is 1. The van der Waals surface area contributed by atoms with Crippen LogP contribution in [0.1, 0.15) is 5.56 Å². The molecule has 1 aromatic carbocycles. The first-order chi connectivity index (χ1) is 8.54. The first kappa shape index (κ1) is 12.0. The van der Waals surface area contributed by atoms with Crippen LogP contribution in [-0.2, 0) is 0 Å². The number of aromatic nitrogens is 1. The zero-order chi connectivity index (χ0) is 13.3. The number of hydrogen-bond donors (Lipinski definition) is 2. The van der Waals surface area contributed by atoms with Gasteiger partial charge in [-0.3, -0.25) is 4.79 Å². The topological polar surface area (TPSA) is 92.0 Å². The molecule has 1 aromatic heterocycles. The van der Waals surface area contributed by atoms with E-state index in [4.69, 9.17) is 22.6 Å². The lowest BCUT2D eigenvalue weighted by Gasteiger charge is -2.10. The van der Waals surface area contributed by atoms with Gasteiger partial charge in [-0.05, 0) is 18.2 Å². The summed E-state index contributed by atoms with van der Waals surface area (Å²) >= 11 is 5.82. The molecule has 0 fully saturated rings. The first-order valence-electron chi connectivity index (χ1n) is 4.95. The van der Waals surface area contributed by atoms with Crippen LogP contribution in [0.3, 0.4) is 0 Å². The maximum absolute atomic E-state index is 11.8. The molecule has 0 spiro atoms. The quantitative estimate of drug-likeness (QED) is 0.816. The second-order valence-corrected chi connectivity index (χ2v) is 4.00. The average Bonchev–Trinajstić information content (AvgIpc) is 2.28. The zero-order valence-corrected chi connectivity index (χ0v) is 9.85. The Labute approximate surface area is 107 Å². The predicted molar refractivity (Wildman–Crippen MR) is 67.8 cm³/mol. The maximum Gasteiger partial charge on any atom is 0.260 e. The smallest absolute Gasteiger partial charge is 0.260 e.